The molecule has 496 valence electrons. The number of allylic oxidation sites excluding steroid dienone is 24. The van der Waals surface area contributed by atoms with Gasteiger partial charge in [0.2, 0.25) is 0 Å². The summed E-state index contributed by atoms with van der Waals surface area (Å²) in [5.41, 5.74) is 2.75. The molecular formula is C80H104O12. The molecule has 0 saturated heterocycles. The van der Waals surface area contributed by atoms with Crippen molar-refractivity contribution in [1.29, 1.82) is 0 Å². The Balaban J connectivity index is 1.25. The summed E-state index contributed by atoms with van der Waals surface area (Å²) in [6, 6.07) is 0. The number of ether oxygens (including phenoxy) is 4. The SMILES string of the molecule is CC/C=C\C[C@H]1CC=C2C(=O)C=C[C@@H]2CC=CCCCC(=O)O[C@H](C/C=C\CC)CC=C2C(=O)C=CC2CC=CCCCC(=O)O[C@@H](C/C=C\CC)CC=C2C(=O)C=C[C@@H]2CC=CCCCC(=O)O[C@H](C/C=C\CC)CC=C2C(=O)C=CC2CC=CCCCC(=O)O1. The number of fused-ring (bicyclic) bond motifs is 4. The van der Waals surface area contributed by atoms with Gasteiger partial charge >= 0.3 is 23.9 Å². The predicted molar refractivity (Wildman–Crippen MR) is 367 cm³/mol. The molecule has 0 bridgehead atoms. The summed E-state index contributed by atoms with van der Waals surface area (Å²) in [6.45, 7) is 8.20. The van der Waals surface area contributed by atoms with E-state index in [0.29, 0.717) is 151 Å². The molecule has 0 aromatic heterocycles. The number of ketones is 4. The Labute approximate surface area is 549 Å². The van der Waals surface area contributed by atoms with Crippen molar-refractivity contribution in [3.63, 3.8) is 0 Å². The maximum atomic E-state index is 13.2. The zero-order chi connectivity index (χ0) is 66.0. The Morgan fingerprint density at radius 3 is 0.728 bits per heavy atom. The summed E-state index contributed by atoms with van der Waals surface area (Å²) < 4.78 is 24.0. The van der Waals surface area contributed by atoms with Crippen molar-refractivity contribution in [2.45, 2.75) is 232 Å². The lowest BCUT2D eigenvalue weighted by Crippen LogP contribution is -2.18. The minimum atomic E-state index is -0.420. The van der Waals surface area contributed by atoms with Gasteiger partial charge in [-0.3, -0.25) is 38.4 Å². The van der Waals surface area contributed by atoms with Crippen molar-refractivity contribution in [2.24, 2.45) is 23.7 Å². The first-order chi connectivity index (χ1) is 44.8. The summed E-state index contributed by atoms with van der Waals surface area (Å²) in [4.78, 5) is 105. The molecule has 2 unspecified atom stereocenters. The van der Waals surface area contributed by atoms with Gasteiger partial charge in [0.15, 0.2) is 23.1 Å². The molecule has 0 saturated carbocycles. The van der Waals surface area contributed by atoms with Gasteiger partial charge in [-0.2, -0.15) is 0 Å². The first-order valence-corrected chi connectivity index (χ1v) is 34.5. The van der Waals surface area contributed by atoms with E-state index in [0.717, 1.165) is 25.7 Å². The number of rotatable bonds is 12. The third-order valence-electron chi connectivity index (χ3n) is 16.7. The minimum absolute atomic E-state index is 0.0450. The van der Waals surface area contributed by atoms with Crippen LogP contribution in [-0.2, 0) is 57.3 Å². The summed E-state index contributed by atoms with van der Waals surface area (Å²) in [5, 5.41) is 0. The number of carbonyl (C=O) groups is 8. The van der Waals surface area contributed by atoms with Gasteiger partial charge in [-0.25, -0.2) is 0 Å². The van der Waals surface area contributed by atoms with Gasteiger partial charge < -0.3 is 18.9 Å². The molecule has 4 aliphatic carbocycles. The summed E-state index contributed by atoms with van der Waals surface area (Å²) >= 11 is 0. The maximum absolute atomic E-state index is 13.2. The highest BCUT2D eigenvalue weighted by molar-refractivity contribution is 6.08. The fraction of sp³-hybridized carbons (Fsp3) is 0.500. The van der Waals surface area contributed by atoms with Crippen LogP contribution >= 0.6 is 0 Å². The average molecular weight is 1260 g/mol. The molecule has 1 heterocycles. The highest BCUT2D eigenvalue weighted by Gasteiger charge is 2.27. The predicted octanol–water partition coefficient (Wildman–Crippen LogP) is 17.8. The standard InChI is InChI=1S/C80H104O12/c1-5-9-21-37-65-49-53-69-61(45-57-73(69)81)33-25-14-18-30-42-78(86)90-67(39-23-11-7-3)51-55-71-63(47-59-75(71)83)35-27-16-20-32-44-80(88)92-68(40-24-12-8-4)52-56-72-64(48-60-76(72)84)36-28-15-19-31-43-79(87)91-66(38-22-10-6-2)50-54-70-62(46-58-74(70)82)34-26-13-17-29-41-77(85)89-65/h9-16,21-28,45-48,53-68H,5-8,17-20,29-44,49-52H2,1-4H3/b21-9-,22-10-,23-11-,24-12-,25-14?,26-13?,27-16?,28-15?,69-53?,70-54?,71-55?,72-56?/t61-,62?,63?,64-,65-,66+,67+,68-/m0/s1. The van der Waals surface area contributed by atoms with E-state index in [4.69, 9.17) is 18.9 Å². The lowest BCUT2D eigenvalue weighted by atomic mass is 9.95. The minimum Gasteiger partial charge on any atom is -0.462 e. The van der Waals surface area contributed by atoms with Crippen molar-refractivity contribution in [3.8, 4) is 0 Å². The van der Waals surface area contributed by atoms with Crippen LogP contribution < -0.4 is 0 Å². The number of carbonyl (C=O) groups excluding carboxylic acids is 8. The van der Waals surface area contributed by atoms with Crippen LogP contribution in [0, 0.1) is 23.7 Å². The van der Waals surface area contributed by atoms with Gasteiger partial charge in [0, 0.05) is 123 Å². The van der Waals surface area contributed by atoms with Gasteiger partial charge in [-0.1, -0.05) is 174 Å². The fourth-order valence-electron chi connectivity index (χ4n) is 11.5. The second kappa shape index (κ2) is 44.8. The van der Waals surface area contributed by atoms with Crippen LogP contribution in [0.1, 0.15) is 207 Å². The van der Waals surface area contributed by atoms with Crippen molar-refractivity contribution < 1.29 is 57.3 Å². The molecule has 92 heavy (non-hydrogen) atoms. The van der Waals surface area contributed by atoms with E-state index in [2.05, 4.69) is 0 Å². The van der Waals surface area contributed by atoms with E-state index in [-0.39, 0.29) is 96.4 Å². The summed E-state index contributed by atoms with van der Waals surface area (Å²) in [7, 11) is 0. The molecule has 5 aliphatic rings. The normalized spacial score (nSPS) is 26.2. The molecule has 0 spiro atoms. The average Bonchev–Trinajstić information content (AvgIpc) is 2.04. The van der Waals surface area contributed by atoms with E-state index in [1.165, 1.54) is 0 Å². The van der Waals surface area contributed by atoms with E-state index >= 15 is 0 Å². The van der Waals surface area contributed by atoms with E-state index in [9.17, 15) is 38.4 Å². The zero-order valence-electron chi connectivity index (χ0n) is 55.5. The Kier molecular flexibility index (Phi) is 36.6. The van der Waals surface area contributed by atoms with Crippen molar-refractivity contribution in [2.75, 3.05) is 0 Å². The maximum Gasteiger partial charge on any atom is 0.306 e. The molecule has 0 fully saturated rings. The molecule has 12 nitrogen and oxygen atoms in total. The van der Waals surface area contributed by atoms with Crippen LogP contribution in [-0.4, -0.2) is 71.4 Å². The topological polar surface area (TPSA) is 173 Å². The molecule has 8 atom stereocenters. The van der Waals surface area contributed by atoms with Gasteiger partial charge in [0.05, 0.1) is 0 Å². The third kappa shape index (κ3) is 29.3. The third-order valence-corrected chi connectivity index (χ3v) is 16.7. The van der Waals surface area contributed by atoms with E-state index in [1.807, 2.05) is 174 Å². The van der Waals surface area contributed by atoms with Crippen LogP contribution in [0.5, 0.6) is 0 Å². The fourth-order valence-corrected chi connectivity index (χ4v) is 11.5. The van der Waals surface area contributed by atoms with Crippen LogP contribution in [0.4, 0.5) is 0 Å². The number of cyclic esters (lactones) is 4. The first-order valence-electron chi connectivity index (χ1n) is 34.5. The summed E-state index contributed by atoms with van der Waals surface area (Å²) in [6.07, 6.45) is 68.4. The lowest BCUT2D eigenvalue weighted by molar-refractivity contribution is -0.149. The van der Waals surface area contributed by atoms with Gasteiger partial charge in [0.1, 0.15) is 24.4 Å². The van der Waals surface area contributed by atoms with E-state index in [1.54, 1.807) is 24.3 Å². The molecular weight excluding hydrogens is 1150 g/mol. The molecule has 0 radical (unpaired) electrons. The van der Waals surface area contributed by atoms with Crippen LogP contribution in [0.2, 0.25) is 0 Å². The van der Waals surface area contributed by atoms with Gasteiger partial charge in [0.25, 0.3) is 0 Å². The molecule has 1 aliphatic heterocycles. The molecule has 0 amide bonds. The monoisotopic (exact) mass is 1260 g/mol. The van der Waals surface area contributed by atoms with Gasteiger partial charge in [-0.15, -0.1) is 0 Å². The smallest absolute Gasteiger partial charge is 0.306 e. The van der Waals surface area contributed by atoms with Gasteiger partial charge in [-0.05, 0) is 127 Å². The second-order valence-electron chi connectivity index (χ2n) is 24.2. The molecule has 0 aromatic carbocycles. The quantitative estimate of drug-likeness (QED) is 0.103. The van der Waals surface area contributed by atoms with Crippen LogP contribution in [0.15, 0.2) is 192 Å². The Bertz CT molecular complexity index is 2540. The number of hydrogen-bond acceptors (Lipinski definition) is 12. The Morgan fingerprint density at radius 2 is 0.522 bits per heavy atom. The molecule has 12 heteroatoms. The largest absolute Gasteiger partial charge is 0.462 e. The first kappa shape index (κ1) is 75.1. The highest BCUT2D eigenvalue weighted by Crippen LogP contribution is 2.31. The van der Waals surface area contributed by atoms with E-state index < -0.39 is 24.4 Å². The number of hydrogen-bond donors (Lipinski definition) is 0. The van der Waals surface area contributed by atoms with Crippen LogP contribution in [0.25, 0.3) is 0 Å². The highest BCUT2D eigenvalue weighted by atomic mass is 16.6. The van der Waals surface area contributed by atoms with Crippen molar-refractivity contribution in [1.82, 2.24) is 0 Å². The number of esters is 4. The second-order valence-corrected chi connectivity index (χ2v) is 24.2. The lowest BCUT2D eigenvalue weighted by Gasteiger charge is -2.16. The van der Waals surface area contributed by atoms with Crippen molar-refractivity contribution in [3.05, 3.63) is 192 Å². The molecule has 0 N–H and O–H groups in total. The zero-order valence-corrected chi connectivity index (χ0v) is 55.5. The van der Waals surface area contributed by atoms with Crippen molar-refractivity contribution >= 4 is 47.0 Å². The Hall–Kier alpha value is -7.60. The Morgan fingerprint density at radius 1 is 0.304 bits per heavy atom. The summed E-state index contributed by atoms with van der Waals surface area (Å²) in [5.74, 6) is -1.75. The molecule has 5 rings (SSSR count). The van der Waals surface area contributed by atoms with Crippen LogP contribution in [0.3, 0.4) is 0 Å². The molecule has 0 aromatic rings.